The van der Waals surface area contributed by atoms with Gasteiger partial charge < -0.3 is 19.9 Å². The number of carbonyl (C=O) groups is 2. The van der Waals surface area contributed by atoms with Crippen LogP contribution in [0.1, 0.15) is 56.0 Å². The molecule has 6 heteroatoms. The lowest BCUT2D eigenvalue weighted by atomic mass is 9.92. The fourth-order valence-electron chi connectivity index (χ4n) is 3.87. The van der Waals surface area contributed by atoms with E-state index in [0.717, 1.165) is 42.1 Å². The second kappa shape index (κ2) is 10.3. The van der Waals surface area contributed by atoms with Crippen molar-refractivity contribution in [2.75, 3.05) is 38.0 Å². The van der Waals surface area contributed by atoms with E-state index < -0.39 is 0 Å². The Morgan fingerprint density at radius 3 is 2.27 bits per heavy atom. The summed E-state index contributed by atoms with van der Waals surface area (Å²) < 4.78 is 5.23. The van der Waals surface area contributed by atoms with Crippen molar-refractivity contribution in [1.82, 2.24) is 4.90 Å². The number of benzene rings is 2. The van der Waals surface area contributed by atoms with E-state index in [1.807, 2.05) is 87.1 Å². The first-order valence-corrected chi connectivity index (χ1v) is 11.6. The molecule has 1 aliphatic rings. The maximum Gasteiger partial charge on any atom is 0.254 e. The fraction of sp³-hybridized carbons (Fsp3) is 0.481. The zero-order chi connectivity index (χ0) is 24.2. The van der Waals surface area contributed by atoms with Crippen LogP contribution in [0, 0.1) is 11.3 Å². The van der Waals surface area contributed by atoms with Gasteiger partial charge in [0, 0.05) is 50.5 Å². The van der Waals surface area contributed by atoms with E-state index in [2.05, 4.69) is 5.32 Å². The van der Waals surface area contributed by atoms with Gasteiger partial charge in [0.2, 0.25) is 5.91 Å². The summed E-state index contributed by atoms with van der Waals surface area (Å²) in [5.41, 5.74) is 3.37. The Bertz CT molecular complexity index is 973. The number of nitrogens with one attached hydrogen (secondary N) is 1. The van der Waals surface area contributed by atoms with Crippen LogP contribution in [0.2, 0.25) is 0 Å². The predicted molar refractivity (Wildman–Crippen MR) is 134 cm³/mol. The molecule has 0 bridgehead atoms. The molecule has 0 atom stereocenters. The molecule has 0 aromatic heterocycles. The number of carbonyl (C=O) groups excluding carboxylic acids is 2. The molecule has 1 fully saturated rings. The van der Waals surface area contributed by atoms with Crippen molar-refractivity contribution in [1.29, 1.82) is 0 Å². The number of hydrogen-bond acceptors (Lipinski definition) is 4. The lowest BCUT2D eigenvalue weighted by Crippen LogP contribution is -2.33. The molecule has 1 aliphatic carbocycles. The van der Waals surface area contributed by atoms with Gasteiger partial charge in [0.15, 0.2) is 0 Å². The molecule has 1 saturated carbocycles. The third-order valence-corrected chi connectivity index (χ3v) is 5.70. The van der Waals surface area contributed by atoms with Gasteiger partial charge in [0.1, 0.15) is 5.75 Å². The van der Waals surface area contributed by atoms with E-state index in [9.17, 15) is 9.59 Å². The van der Waals surface area contributed by atoms with Crippen LogP contribution in [0.3, 0.4) is 0 Å². The molecule has 178 valence electrons. The fourth-order valence-corrected chi connectivity index (χ4v) is 3.87. The van der Waals surface area contributed by atoms with Crippen molar-refractivity contribution in [3.05, 3.63) is 53.6 Å². The molecule has 1 N–H and O–H groups in total. The second-order valence-electron chi connectivity index (χ2n) is 10.4. The highest BCUT2D eigenvalue weighted by molar-refractivity contribution is 5.94. The van der Waals surface area contributed by atoms with E-state index in [0.29, 0.717) is 24.4 Å². The molecule has 2 aromatic carbocycles. The van der Waals surface area contributed by atoms with Crippen LogP contribution in [-0.4, -0.2) is 44.5 Å². The minimum atomic E-state index is -0.0810. The second-order valence-corrected chi connectivity index (χ2v) is 10.4. The number of hydrogen-bond donors (Lipinski definition) is 1. The van der Waals surface area contributed by atoms with Crippen LogP contribution in [0.5, 0.6) is 5.75 Å². The van der Waals surface area contributed by atoms with E-state index in [4.69, 9.17) is 4.74 Å². The van der Waals surface area contributed by atoms with Gasteiger partial charge in [-0.25, -0.2) is 0 Å². The van der Waals surface area contributed by atoms with Gasteiger partial charge in [0.05, 0.1) is 7.11 Å². The molecular weight excluding hydrogens is 414 g/mol. The van der Waals surface area contributed by atoms with Gasteiger partial charge in [-0.15, -0.1) is 0 Å². The van der Waals surface area contributed by atoms with Gasteiger partial charge in [-0.3, -0.25) is 9.59 Å². The zero-order valence-corrected chi connectivity index (χ0v) is 20.8. The predicted octanol–water partition coefficient (Wildman–Crippen LogP) is 5.19. The van der Waals surface area contributed by atoms with Crippen molar-refractivity contribution in [3.8, 4) is 5.75 Å². The van der Waals surface area contributed by atoms with Crippen molar-refractivity contribution in [2.24, 2.45) is 11.3 Å². The maximum atomic E-state index is 13.4. The van der Waals surface area contributed by atoms with Crippen LogP contribution in [0.25, 0.3) is 0 Å². The minimum absolute atomic E-state index is 0.00445. The molecular formula is C27H37N3O3. The Morgan fingerprint density at radius 1 is 1.06 bits per heavy atom. The van der Waals surface area contributed by atoms with E-state index in [1.165, 1.54) is 0 Å². The summed E-state index contributed by atoms with van der Waals surface area (Å²) in [7, 11) is 5.60. The highest BCUT2D eigenvalue weighted by atomic mass is 16.5. The summed E-state index contributed by atoms with van der Waals surface area (Å²) >= 11 is 0. The summed E-state index contributed by atoms with van der Waals surface area (Å²) in [5, 5.41) is 3.03. The third-order valence-electron chi connectivity index (χ3n) is 5.70. The Labute approximate surface area is 197 Å². The van der Waals surface area contributed by atoms with Crippen LogP contribution in [0.15, 0.2) is 42.5 Å². The van der Waals surface area contributed by atoms with Crippen molar-refractivity contribution in [2.45, 2.75) is 46.6 Å². The van der Waals surface area contributed by atoms with Crippen LogP contribution >= 0.6 is 0 Å². The average molecular weight is 452 g/mol. The van der Waals surface area contributed by atoms with Crippen molar-refractivity contribution >= 4 is 23.2 Å². The average Bonchev–Trinajstić information content (AvgIpc) is 3.55. The smallest absolute Gasteiger partial charge is 0.254 e. The van der Waals surface area contributed by atoms with E-state index in [1.54, 1.807) is 7.11 Å². The molecule has 0 spiro atoms. The van der Waals surface area contributed by atoms with Gasteiger partial charge in [-0.1, -0.05) is 20.8 Å². The Morgan fingerprint density at radius 2 is 1.73 bits per heavy atom. The maximum absolute atomic E-state index is 13.4. The lowest BCUT2D eigenvalue weighted by molar-refractivity contribution is -0.117. The largest absolute Gasteiger partial charge is 0.497 e. The molecule has 0 aliphatic heterocycles. The Kier molecular flexibility index (Phi) is 7.67. The van der Waals surface area contributed by atoms with E-state index >= 15 is 0 Å². The summed E-state index contributed by atoms with van der Waals surface area (Å²) in [6, 6.07) is 13.2. The van der Waals surface area contributed by atoms with Crippen LogP contribution in [0.4, 0.5) is 11.4 Å². The first kappa shape index (κ1) is 24.6. The summed E-state index contributed by atoms with van der Waals surface area (Å²) in [6.45, 7) is 7.37. The molecule has 0 heterocycles. The summed E-state index contributed by atoms with van der Waals surface area (Å²) in [4.78, 5) is 29.9. The normalized spacial score (nSPS) is 13.4. The highest BCUT2D eigenvalue weighted by Crippen LogP contribution is 2.32. The van der Waals surface area contributed by atoms with Gasteiger partial charge in [-0.05, 0) is 72.2 Å². The highest BCUT2D eigenvalue weighted by Gasteiger charge is 2.28. The molecule has 3 rings (SSSR count). The monoisotopic (exact) mass is 451 g/mol. The molecule has 33 heavy (non-hydrogen) atoms. The summed E-state index contributed by atoms with van der Waals surface area (Å²) in [5.74, 6) is 1.30. The van der Waals surface area contributed by atoms with Crippen molar-refractivity contribution < 1.29 is 14.3 Å². The number of amides is 2. The number of ether oxygens (including phenoxy) is 1. The molecule has 2 aromatic rings. The Balaban J connectivity index is 1.85. The van der Waals surface area contributed by atoms with Gasteiger partial charge in [-0.2, -0.15) is 0 Å². The van der Waals surface area contributed by atoms with Gasteiger partial charge in [0.25, 0.3) is 5.91 Å². The summed E-state index contributed by atoms with van der Waals surface area (Å²) in [6.07, 6.45) is 2.77. The number of anilines is 2. The number of nitrogens with zero attached hydrogens (tertiary/aromatic N) is 2. The quantitative estimate of drug-likeness (QED) is 0.570. The Hall–Kier alpha value is -3.02. The number of methoxy groups -OCH3 is 1. The zero-order valence-electron chi connectivity index (χ0n) is 20.8. The van der Waals surface area contributed by atoms with Gasteiger partial charge >= 0.3 is 0 Å². The standard InChI is InChI=1S/C27H37N3O3/c1-27(2,3)16-25(31)28-22-11-14-24(29(4)5)21(15-22)18-30(17-19-7-8-19)26(32)20-9-12-23(33-6)13-10-20/h9-15,19H,7-8,16-18H2,1-6H3,(H,28,31). The molecule has 0 saturated heterocycles. The number of rotatable bonds is 9. The first-order chi connectivity index (χ1) is 15.6. The van der Waals surface area contributed by atoms with Crippen LogP contribution in [-0.2, 0) is 11.3 Å². The van der Waals surface area contributed by atoms with Crippen LogP contribution < -0.4 is 15.0 Å². The van der Waals surface area contributed by atoms with Crippen molar-refractivity contribution in [3.63, 3.8) is 0 Å². The minimum Gasteiger partial charge on any atom is -0.497 e. The molecule has 6 nitrogen and oxygen atoms in total. The third kappa shape index (κ3) is 7.24. The van der Waals surface area contributed by atoms with E-state index in [-0.39, 0.29) is 17.2 Å². The molecule has 2 amide bonds. The lowest BCUT2D eigenvalue weighted by Gasteiger charge is -2.27. The molecule has 0 radical (unpaired) electrons. The molecule has 0 unspecified atom stereocenters. The first-order valence-electron chi connectivity index (χ1n) is 11.6. The SMILES string of the molecule is COc1ccc(C(=O)N(Cc2cc(NC(=O)CC(C)(C)C)ccc2N(C)C)CC2CC2)cc1. The topological polar surface area (TPSA) is 61.9 Å².